The molecule has 27 heavy (non-hydrogen) atoms. The van der Waals surface area contributed by atoms with Gasteiger partial charge in [-0.15, -0.1) is 0 Å². The van der Waals surface area contributed by atoms with Crippen LogP contribution in [0.2, 0.25) is 0 Å². The van der Waals surface area contributed by atoms with Crippen molar-refractivity contribution in [2.75, 3.05) is 5.32 Å². The van der Waals surface area contributed by atoms with Crippen LogP contribution in [0.1, 0.15) is 47.1 Å². The van der Waals surface area contributed by atoms with E-state index < -0.39 is 0 Å². The quantitative estimate of drug-likeness (QED) is 0.619. The molecule has 0 aliphatic heterocycles. The largest absolute Gasteiger partial charge is 0.457 e. The van der Waals surface area contributed by atoms with Crippen molar-refractivity contribution < 1.29 is 9.53 Å². The minimum absolute atomic E-state index is 0.164. The van der Waals surface area contributed by atoms with E-state index in [0.29, 0.717) is 17.2 Å². The molecular weight excluding hydrogens is 336 g/mol. The molecule has 0 unspecified atom stereocenters. The third-order valence-electron chi connectivity index (χ3n) is 4.38. The molecule has 0 spiro atoms. The summed E-state index contributed by atoms with van der Waals surface area (Å²) in [4.78, 5) is 17.1. The Morgan fingerprint density at radius 1 is 0.963 bits per heavy atom. The van der Waals surface area contributed by atoms with Crippen molar-refractivity contribution in [3.63, 3.8) is 0 Å². The number of nitrogens with zero attached hydrogens (tertiary/aromatic N) is 1. The van der Waals surface area contributed by atoms with Crippen molar-refractivity contribution in [3.8, 4) is 11.5 Å². The molecule has 0 aliphatic rings. The summed E-state index contributed by atoms with van der Waals surface area (Å²) in [6.07, 6.45) is 0. The molecule has 0 aliphatic carbocycles. The SMILES string of the molecule is Cc1ccccc1Oc1ccc(NC(=O)c2ccc(C(C)C)nc2C)cc1. The van der Waals surface area contributed by atoms with Gasteiger partial charge in [0, 0.05) is 11.4 Å². The first-order valence-corrected chi connectivity index (χ1v) is 9.06. The predicted molar refractivity (Wildman–Crippen MR) is 109 cm³/mol. The topological polar surface area (TPSA) is 51.2 Å². The molecule has 2 aromatic carbocycles. The van der Waals surface area contributed by atoms with Gasteiger partial charge in [-0.05, 0) is 67.8 Å². The Morgan fingerprint density at radius 3 is 2.30 bits per heavy atom. The van der Waals surface area contributed by atoms with Gasteiger partial charge < -0.3 is 10.1 Å². The van der Waals surface area contributed by atoms with E-state index in [-0.39, 0.29) is 5.91 Å². The van der Waals surface area contributed by atoms with Crippen molar-refractivity contribution >= 4 is 11.6 Å². The van der Waals surface area contributed by atoms with Gasteiger partial charge in [-0.2, -0.15) is 0 Å². The van der Waals surface area contributed by atoms with Crippen molar-refractivity contribution in [1.29, 1.82) is 0 Å². The van der Waals surface area contributed by atoms with E-state index in [1.165, 1.54) is 0 Å². The van der Waals surface area contributed by atoms with Crippen LogP contribution in [-0.2, 0) is 0 Å². The Morgan fingerprint density at radius 2 is 1.67 bits per heavy atom. The molecule has 1 N–H and O–H groups in total. The lowest BCUT2D eigenvalue weighted by Gasteiger charge is -2.11. The molecule has 3 aromatic rings. The smallest absolute Gasteiger partial charge is 0.257 e. The van der Waals surface area contributed by atoms with Crippen LogP contribution >= 0.6 is 0 Å². The van der Waals surface area contributed by atoms with Gasteiger partial charge in [-0.3, -0.25) is 9.78 Å². The Hall–Kier alpha value is -3.14. The zero-order valence-electron chi connectivity index (χ0n) is 16.1. The highest BCUT2D eigenvalue weighted by atomic mass is 16.5. The van der Waals surface area contributed by atoms with E-state index in [1.807, 2.05) is 74.5 Å². The van der Waals surface area contributed by atoms with Crippen LogP contribution in [0.5, 0.6) is 11.5 Å². The summed E-state index contributed by atoms with van der Waals surface area (Å²) < 4.78 is 5.89. The third kappa shape index (κ3) is 4.53. The summed E-state index contributed by atoms with van der Waals surface area (Å²) in [7, 11) is 0. The molecule has 0 saturated heterocycles. The number of ether oxygens (including phenoxy) is 1. The zero-order chi connectivity index (χ0) is 19.4. The molecule has 4 heteroatoms. The molecule has 3 rings (SSSR count). The monoisotopic (exact) mass is 360 g/mol. The molecule has 0 saturated carbocycles. The lowest BCUT2D eigenvalue weighted by molar-refractivity contribution is 0.102. The number of amides is 1. The minimum atomic E-state index is -0.164. The summed E-state index contributed by atoms with van der Waals surface area (Å²) in [6.45, 7) is 8.04. The number of nitrogens with one attached hydrogen (secondary N) is 1. The number of para-hydroxylation sites is 1. The molecule has 1 heterocycles. The summed E-state index contributed by atoms with van der Waals surface area (Å²) in [6, 6.07) is 18.9. The van der Waals surface area contributed by atoms with Crippen molar-refractivity contribution in [2.45, 2.75) is 33.6 Å². The van der Waals surface area contributed by atoms with Crippen molar-refractivity contribution in [1.82, 2.24) is 4.98 Å². The maximum absolute atomic E-state index is 12.6. The summed E-state index contributed by atoms with van der Waals surface area (Å²) in [5.74, 6) is 1.71. The molecular formula is C23H24N2O2. The number of aryl methyl sites for hydroxylation is 2. The van der Waals surface area contributed by atoms with Gasteiger partial charge in [0.25, 0.3) is 5.91 Å². The van der Waals surface area contributed by atoms with Crippen LogP contribution < -0.4 is 10.1 Å². The number of carbonyl (C=O) groups is 1. The van der Waals surface area contributed by atoms with E-state index >= 15 is 0 Å². The Balaban J connectivity index is 1.69. The van der Waals surface area contributed by atoms with Crippen LogP contribution in [0.25, 0.3) is 0 Å². The van der Waals surface area contributed by atoms with E-state index in [9.17, 15) is 4.79 Å². The molecule has 0 atom stereocenters. The first-order valence-electron chi connectivity index (χ1n) is 9.06. The van der Waals surface area contributed by atoms with Crippen LogP contribution in [0.3, 0.4) is 0 Å². The van der Waals surface area contributed by atoms with E-state index in [0.717, 1.165) is 28.5 Å². The summed E-state index contributed by atoms with van der Waals surface area (Å²) >= 11 is 0. The Labute approximate surface area is 160 Å². The molecule has 1 aromatic heterocycles. The number of anilines is 1. The number of aromatic nitrogens is 1. The number of rotatable bonds is 5. The Bertz CT molecular complexity index is 947. The second-order valence-electron chi connectivity index (χ2n) is 6.87. The number of hydrogen-bond acceptors (Lipinski definition) is 3. The van der Waals surface area contributed by atoms with Crippen LogP contribution in [-0.4, -0.2) is 10.9 Å². The van der Waals surface area contributed by atoms with Crippen LogP contribution in [0.15, 0.2) is 60.7 Å². The Kier molecular flexibility index (Phi) is 5.55. The number of pyridine rings is 1. The standard InChI is InChI=1S/C23H24N2O2/c1-15(2)21-14-13-20(17(4)24-21)23(26)25-18-9-11-19(12-10-18)27-22-8-6-5-7-16(22)3/h5-15H,1-4H3,(H,25,26). The first-order chi connectivity index (χ1) is 12.9. The average molecular weight is 360 g/mol. The van der Waals surface area contributed by atoms with Gasteiger partial charge >= 0.3 is 0 Å². The zero-order valence-corrected chi connectivity index (χ0v) is 16.1. The highest BCUT2D eigenvalue weighted by Gasteiger charge is 2.12. The molecule has 4 nitrogen and oxygen atoms in total. The molecule has 0 fully saturated rings. The van der Waals surface area contributed by atoms with Crippen LogP contribution in [0.4, 0.5) is 5.69 Å². The van der Waals surface area contributed by atoms with Gasteiger partial charge in [0.15, 0.2) is 0 Å². The fourth-order valence-electron chi connectivity index (χ4n) is 2.74. The molecule has 0 radical (unpaired) electrons. The second kappa shape index (κ2) is 8.04. The van der Waals surface area contributed by atoms with E-state index in [1.54, 1.807) is 0 Å². The fraction of sp³-hybridized carbons (Fsp3) is 0.217. The minimum Gasteiger partial charge on any atom is -0.457 e. The predicted octanol–water partition coefficient (Wildman–Crippen LogP) is 5.87. The average Bonchev–Trinajstić information content (AvgIpc) is 2.65. The third-order valence-corrected chi connectivity index (χ3v) is 4.38. The van der Waals surface area contributed by atoms with Gasteiger partial charge in [-0.1, -0.05) is 32.0 Å². The van der Waals surface area contributed by atoms with Crippen molar-refractivity contribution in [2.24, 2.45) is 0 Å². The number of benzene rings is 2. The maximum Gasteiger partial charge on any atom is 0.257 e. The lowest BCUT2D eigenvalue weighted by atomic mass is 10.1. The van der Waals surface area contributed by atoms with Gasteiger partial charge in [0.2, 0.25) is 0 Å². The highest BCUT2D eigenvalue weighted by molar-refractivity contribution is 6.05. The lowest BCUT2D eigenvalue weighted by Crippen LogP contribution is -2.14. The molecule has 138 valence electrons. The van der Waals surface area contributed by atoms with Crippen molar-refractivity contribution in [3.05, 3.63) is 83.2 Å². The number of carbonyl (C=O) groups excluding carboxylic acids is 1. The highest BCUT2D eigenvalue weighted by Crippen LogP contribution is 2.26. The normalized spacial score (nSPS) is 10.7. The first kappa shape index (κ1) is 18.6. The summed E-state index contributed by atoms with van der Waals surface area (Å²) in [5, 5.41) is 2.92. The molecule has 1 amide bonds. The van der Waals surface area contributed by atoms with Gasteiger partial charge in [-0.25, -0.2) is 0 Å². The number of hydrogen-bond donors (Lipinski definition) is 1. The molecule has 0 bridgehead atoms. The second-order valence-corrected chi connectivity index (χ2v) is 6.87. The van der Waals surface area contributed by atoms with Gasteiger partial charge in [0.05, 0.1) is 11.3 Å². The summed E-state index contributed by atoms with van der Waals surface area (Å²) in [5.41, 5.74) is 4.09. The van der Waals surface area contributed by atoms with Crippen LogP contribution in [0, 0.1) is 13.8 Å². The van der Waals surface area contributed by atoms with Gasteiger partial charge in [0.1, 0.15) is 11.5 Å². The van der Waals surface area contributed by atoms with E-state index in [2.05, 4.69) is 24.1 Å². The maximum atomic E-state index is 12.6. The van der Waals surface area contributed by atoms with E-state index in [4.69, 9.17) is 4.74 Å². The fourth-order valence-corrected chi connectivity index (χ4v) is 2.74.